The van der Waals surface area contributed by atoms with Crippen molar-refractivity contribution in [1.82, 2.24) is 4.90 Å². The van der Waals surface area contributed by atoms with E-state index in [2.05, 4.69) is 15.9 Å². The average Bonchev–Trinajstić information content (AvgIpc) is 2.30. The van der Waals surface area contributed by atoms with E-state index in [1.165, 1.54) is 11.0 Å². The van der Waals surface area contributed by atoms with E-state index in [0.29, 0.717) is 18.5 Å². The first-order chi connectivity index (χ1) is 8.04. The van der Waals surface area contributed by atoms with Crippen LogP contribution in [0.1, 0.15) is 12.0 Å². The average molecular weight is 304 g/mol. The van der Waals surface area contributed by atoms with Crippen molar-refractivity contribution >= 4 is 21.8 Å². The molecular formula is C12H15BrFNO2. The van der Waals surface area contributed by atoms with Gasteiger partial charge in [0.2, 0.25) is 5.91 Å². The third-order valence-electron chi connectivity index (χ3n) is 2.48. The van der Waals surface area contributed by atoms with Gasteiger partial charge < -0.3 is 10.0 Å². The van der Waals surface area contributed by atoms with Crippen LogP contribution in [-0.2, 0) is 11.2 Å². The molecule has 0 heterocycles. The summed E-state index contributed by atoms with van der Waals surface area (Å²) in [5.41, 5.74) is 0.572. The maximum atomic E-state index is 13.4. The van der Waals surface area contributed by atoms with E-state index in [-0.39, 0.29) is 24.8 Å². The van der Waals surface area contributed by atoms with Crippen LogP contribution in [0.2, 0.25) is 0 Å². The number of carbonyl (C=O) groups is 1. The summed E-state index contributed by atoms with van der Waals surface area (Å²) < 4.78 is 14.2. The number of carbonyl (C=O) groups excluding carboxylic acids is 1. The van der Waals surface area contributed by atoms with Gasteiger partial charge in [-0.2, -0.15) is 0 Å². The quantitative estimate of drug-likeness (QED) is 0.903. The van der Waals surface area contributed by atoms with Crippen LogP contribution < -0.4 is 0 Å². The van der Waals surface area contributed by atoms with E-state index in [1.807, 2.05) is 0 Å². The second-order valence-electron chi connectivity index (χ2n) is 3.77. The Balaban J connectivity index is 2.55. The molecule has 1 amide bonds. The summed E-state index contributed by atoms with van der Waals surface area (Å²) in [6, 6.07) is 4.74. The number of nitrogens with zero attached hydrogens (tertiary/aromatic N) is 1. The monoisotopic (exact) mass is 303 g/mol. The molecule has 17 heavy (non-hydrogen) atoms. The first kappa shape index (κ1) is 14.1. The molecule has 0 aliphatic rings. The van der Waals surface area contributed by atoms with Gasteiger partial charge in [-0.05, 0) is 30.2 Å². The number of hydrogen-bond acceptors (Lipinski definition) is 2. The van der Waals surface area contributed by atoms with E-state index >= 15 is 0 Å². The molecule has 0 aliphatic carbocycles. The summed E-state index contributed by atoms with van der Waals surface area (Å²) in [6.45, 7) is 0.278. The molecule has 0 fully saturated rings. The summed E-state index contributed by atoms with van der Waals surface area (Å²) in [4.78, 5) is 12.9. The molecule has 0 aromatic heterocycles. The van der Waals surface area contributed by atoms with Crippen LogP contribution in [0.4, 0.5) is 4.39 Å². The molecule has 94 valence electrons. The number of amides is 1. The lowest BCUT2D eigenvalue weighted by Crippen LogP contribution is -2.29. The number of halogens is 2. The molecular weight excluding hydrogens is 289 g/mol. The third-order valence-corrected chi connectivity index (χ3v) is 2.97. The number of aliphatic hydroxyl groups is 1. The van der Waals surface area contributed by atoms with Crippen molar-refractivity contribution in [3.05, 3.63) is 34.1 Å². The SMILES string of the molecule is CN(CCc1cc(Br)ccc1F)C(=O)CCO. The Morgan fingerprint density at radius 1 is 1.53 bits per heavy atom. The summed E-state index contributed by atoms with van der Waals surface area (Å²) >= 11 is 3.28. The Morgan fingerprint density at radius 2 is 2.24 bits per heavy atom. The van der Waals surface area contributed by atoms with Crippen LogP contribution in [0.3, 0.4) is 0 Å². The fourth-order valence-corrected chi connectivity index (χ4v) is 1.84. The van der Waals surface area contributed by atoms with E-state index in [4.69, 9.17) is 5.11 Å². The third kappa shape index (κ3) is 4.44. The van der Waals surface area contributed by atoms with Crippen molar-refractivity contribution in [3.8, 4) is 0 Å². The number of rotatable bonds is 5. The van der Waals surface area contributed by atoms with Crippen LogP contribution in [0.15, 0.2) is 22.7 Å². The lowest BCUT2D eigenvalue weighted by Gasteiger charge is -2.16. The summed E-state index contributed by atoms with van der Waals surface area (Å²) in [5.74, 6) is -0.404. The minimum Gasteiger partial charge on any atom is -0.396 e. The van der Waals surface area contributed by atoms with Gasteiger partial charge in [-0.25, -0.2) is 4.39 Å². The molecule has 0 bridgehead atoms. The molecule has 1 N–H and O–H groups in total. The van der Waals surface area contributed by atoms with Gasteiger partial charge in [0.05, 0.1) is 6.61 Å². The molecule has 0 atom stereocenters. The van der Waals surface area contributed by atoms with Crippen molar-refractivity contribution < 1.29 is 14.3 Å². The van der Waals surface area contributed by atoms with Gasteiger partial charge in [-0.3, -0.25) is 4.79 Å². The molecule has 1 aromatic rings. The molecule has 0 aliphatic heterocycles. The number of hydrogen-bond donors (Lipinski definition) is 1. The first-order valence-corrected chi connectivity index (χ1v) is 6.12. The van der Waals surface area contributed by atoms with Gasteiger partial charge >= 0.3 is 0 Å². The Hall–Kier alpha value is -0.940. The fourth-order valence-electron chi connectivity index (χ4n) is 1.43. The van der Waals surface area contributed by atoms with Crippen molar-refractivity contribution in [2.24, 2.45) is 0 Å². The molecule has 0 unspecified atom stereocenters. The second kappa shape index (κ2) is 6.71. The topological polar surface area (TPSA) is 40.5 Å². The molecule has 5 heteroatoms. The van der Waals surface area contributed by atoms with Gasteiger partial charge in [0.15, 0.2) is 0 Å². The molecule has 0 saturated carbocycles. The van der Waals surface area contributed by atoms with E-state index in [1.54, 1.807) is 19.2 Å². The van der Waals surface area contributed by atoms with Crippen LogP contribution in [-0.4, -0.2) is 36.1 Å². The minimum absolute atomic E-state index is 0.109. The largest absolute Gasteiger partial charge is 0.396 e. The van der Waals surface area contributed by atoms with Gasteiger partial charge in [-0.15, -0.1) is 0 Å². The Bertz CT molecular complexity index is 398. The predicted octanol–water partition coefficient (Wildman–Crippen LogP) is 1.97. The number of benzene rings is 1. The number of likely N-dealkylation sites (N-methyl/N-ethyl adjacent to an activating group) is 1. The molecule has 0 spiro atoms. The highest BCUT2D eigenvalue weighted by Crippen LogP contribution is 2.16. The highest BCUT2D eigenvalue weighted by molar-refractivity contribution is 9.10. The van der Waals surface area contributed by atoms with E-state index in [0.717, 1.165) is 4.47 Å². The molecule has 3 nitrogen and oxygen atoms in total. The van der Waals surface area contributed by atoms with Crippen molar-refractivity contribution in [2.45, 2.75) is 12.8 Å². The Labute approximate surface area is 108 Å². The first-order valence-electron chi connectivity index (χ1n) is 5.33. The molecule has 1 aromatic carbocycles. The zero-order valence-electron chi connectivity index (χ0n) is 9.62. The zero-order chi connectivity index (χ0) is 12.8. The highest BCUT2D eigenvalue weighted by Gasteiger charge is 2.09. The summed E-state index contributed by atoms with van der Waals surface area (Å²) in [5, 5.41) is 8.64. The normalized spacial score (nSPS) is 10.4. The molecule has 0 radical (unpaired) electrons. The van der Waals surface area contributed by atoms with Crippen molar-refractivity contribution in [1.29, 1.82) is 0 Å². The van der Waals surface area contributed by atoms with Crippen LogP contribution >= 0.6 is 15.9 Å². The van der Waals surface area contributed by atoms with Gasteiger partial charge in [0.1, 0.15) is 5.82 Å². The second-order valence-corrected chi connectivity index (χ2v) is 4.69. The smallest absolute Gasteiger partial charge is 0.224 e. The maximum Gasteiger partial charge on any atom is 0.224 e. The van der Waals surface area contributed by atoms with Gasteiger partial charge in [0.25, 0.3) is 0 Å². The Kier molecular flexibility index (Phi) is 5.58. The predicted molar refractivity (Wildman–Crippen MR) is 67.1 cm³/mol. The standard InChI is InChI=1S/C12H15BrFNO2/c1-15(12(17)5-7-16)6-4-9-8-10(13)2-3-11(9)14/h2-3,8,16H,4-7H2,1H3. The zero-order valence-corrected chi connectivity index (χ0v) is 11.2. The van der Waals surface area contributed by atoms with Crippen molar-refractivity contribution in [3.63, 3.8) is 0 Å². The van der Waals surface area contributed by atoms with Crippen LogP contribution in [0, 0.1) is 5.82 Å². The van der Waals surface area contributed by atoms with Gasteiger partial charge in [-0.1, -0.05) is 15.9 Å². The van der Waals surface area contributed by atoms with Gasteiger partial charge in [0, 0.05) is 24.5 Å². The lowest BCUT2D eigenvalue weighted by atomic mass is 10.1. The van der Waals surface area contributed by atoms with E-state index in [9.17, 15) is 9.18 Å². The van der Waals surface area contributed by atoms with Crippen LogP contribution in [0.25, 0.3) is 0 Å². The lowest BCUT2D eigenvalue weighted by molar-refractivity contribution is -0.130. The minimum atomic E-state index is -0.267. The van der Waals surface area contributed by atoms with E-state index < -0.39 is 0 Å². The molecule has 0 saturated heterocycles. The number of aliphatic hydroxyl groups excluding tert-OH is 1. The highest BCUT2D eigenvalue weighted by atomic mass is 79.9. The summed E-state index contributed by atoms with van der Waals surface area (Å²) in [6.07, 6.45) is 0.566. The fraction of sp³-hybridized carbons (Fsp3) is 0.417. The Morgan fingerprint density at radius 3 is 2.88 bits per heavy atom. The maximum absolute atomic E-state index is 13.4. The van der Waals surface area contributed by atoms with Crippen molar-refractivity contribution in [2.75, 3.05) is 20.2 Å². The summed E-state index contributed by atoms with van der Waals surface area (Å²) in [7, 11) is 1.65. The molecule has 1 rings (SSSR count). The van der Waals surface area contributed by atoms with Crippen LogP contribution in [0.5, 0.6) is 0 Å².